The number of imidazole rings is 1. The lowest BCUT2D eigenvalue weighted by Crippen LogP contribution is -2.16. The van der Waals surface area contributed by atoms with Gasteiger partial charge in [0.1, 0.15) is 11.9 Å². The molecule has 1 unspecified atom stereocenters. The van der Waals surface area contributed by atoms with Crippen molar-refractivity contribution in [2.24, 2.45) is 0 Å². The molecule has 0 saturated carbocycles. The zero-order valence-corrected chi connectivity index (χ0v) is 10.5. The molecule has 0 radical (unpaired) electrons. The predicted octanol–water partition coefficient (Wildman–Crippen LogP) is 2.61. The van der Waals surface area contributed by atoms with Gasteiger partial charge in [0.15, 0.2) is 0 Å². The smallest absolute Gasteiger partial charge is 0.326 e. The topological polar surface area (TPSA) is 55.1 Å². The summed E-state index contributed by atoms with van der Waals surface area (Å²) < 4.78 is 1.77. The molecule has 4 nitrogen and oxygen atoms in total. The van der Waals surface area contributed by atoms with Crippen LogP contribution in [0.4, 0.5) is 0 Å². The molecule has 90 valence electrons. The maximum atomic E-state index is 11.1. The third-order valence-electron chi connectivity index (χ3n) is 3.23. The van der Waals surface area contributed by atoms with Crippen LogP contribution < -0.4 is 0 Å². The first-order chi connectivity index (χ1) is 7.91. The Labute approximate surface area is 99.9 Å². The van der Waals surface area contributed by atoms with E-state index in [1.807, 2.05) is 32.9 Å². The summed E-state index contributed by atoms with van der Waals surface area (Å²) in [7, 11) is 0. The van der Waals surface area contributed by atoms with Gasteiger partial charge in [-0.15, -0.1) is 0 Å². The number of aryl methyl sites for hydroxylation is 3. The van der Waals surface area contributed by atoms with Crippen molar-refractivity contribution >= 4 is 17.0 Å². The molecule has 0 amide bonds. The number of fused-ring (bicyclic) bond motifs is 1. The average Bonchev–Trinajstić information content (AvgIpc) is 2.53. The van der Waals surface area contributed by atoms with Gasteiger partial charge in [0.05, 0.1) is 11.0 Å². The van der Waals surface area contributed by atoms with E-state index >= 15 is 0 Å². The number of hydrogen-bond donors (Lipinski definition) is 1. The van der Waals surface area contributed by atoms with Gasteiger partial charge in [-0.25, -0.2) is 9.78 Å². The van der Waals surface area contributed by atoms with E-state index in [0.29, 0.717) is 0 Å². The first-order valence-corrected chi connectivity index (χ1v) is 5.60. The highest BCUT2D eigenvalue weighted by Crippen LogP contribution is 2.24. The van der Waals surface area contributed by atoms with Gasteiger partial charge in [0.25, 0.3) is 0 Å². The van der Waals surface area contributed by atoms with Crippen LogP contribution in [0, 0.1) is 20.8 Å². The number of carboxylic acid groups (broad SMARTS) is 1. The number of hydrogen-bond acceptors (Lipinski definition) is 2. The van der Waals surface area contributed by atoms with E-state index in [9.17, 15) is 4.79 Å². The summed E-state index contributed by atoms with van der Waals surface area (Å²) in [5.74, 6) is -0.106. The van der Waals surface area contributed by atoms with Crippen LogP contribution in [0.15, 0.2) is 12.1 Å². The van der Waals surface area contributed by atoms with Gasteiger partial charge in [-0.05, 0) is 51.0 Å². The van der Waals surface area contributed by atoms with Crippen LogP contribution in [-0.2, 0) is 4.79 Å². The third kappa shape index (κ3) is 1.79. The van der Waals surface area contributed by atoms with Gasteiger partial charge < -0.3 is 9.67 Å². The summed E-state index contributed by atoms with van der Waals surface area (Å²) in [6, 6.07) is 3.41. The minimum atomic E-state index is -0.842. The molecule has 0 aliphatic rings. The summed E-state index contributed by atoms with van der Waals surface area (Å²) in [4.78, 5) is 15.5. The monoisotopic (exact) mass is 232 g/mol. The van der Waals surface area contributed by atoms with E-state index in [-0.39, 0.29) is 0 Å². The number of carboxylic acids is 1. The van der Waals surface area contributed by atoms with Crippen LogP contribution in [0.1, 0.15) is 29.9 Å². The van der Waals surface area contributed by atoms with Gasteiger partial charge in [-0.3, -0.25) is 0 Å². The first kappa shape index (κ1) is 11.6. The van der Waals surface area contributed by atoms with E-state index < -0.39 is 12.0 Å². The summed E-state index contributed by atoms with van der Waals surface area (Å²) in [6.45, 7) is 7.56. The zero-order chi connectivity index (χ0) is 12.7. The molecule has 0 spiro atoms. The average molecular weight is 232 g/mol. The molecule has 1 aromatic carbocycles. The van der Waals surface area contributed by atoms with Crippen LogP contribution >= 0.6 is 0 Å². The molecule has 4 heteroatoms. The van der Waals surface area contributed by atoms with Crippen LogP contribution in [-0.4, -0.2) is 20.6 Å². The van der Waals surface area contributed by atoms with Crippen molar-refractivity contribution in [3.63, 3.8) is 0 Å². The first-order valence-electron chi connectivity index (χ1n) is 5.60. The van der Waals surface area contributed by atoms with Crippen molar-refractivity contribution in [2.75, 3.05) is 0 Å². The Morgan fingerprint density at radius 2 is 1.88 bits per heavy atom. The highest BCUT2D eigenvalue weighted by molar-refractivity contribution is 5.81. The fourth-order valence-electron chi connectivity index (χ4n) is 2.07. The van der Waals surface area contributed by atoms with Crippen molar-refractivity contribution in [1.82, 2.24) is 9.55 Å². The van der Waals surface area contributed by atoms with E-state index in [4.69, 9.17) is 5.11 Å². The molecule has 2 rings (SSSR count). The maximum absolute atomic E-state index is 11.1. The Bertz CT molecular complexity index is 599. The minimum Gasteiger partial charge on any atom is -0.480 e. The normalized spacial score (nSPS) is 12.9. The van der Waals surface area contributed by atoms with Crippen molar-refractivity contribution in [3.05, 3.63) is 29.1 Å². The minimum absolute atomic E-state index is 0.595. The Hall–Kier alpha value is -1.84. The maximum Gasteiger partial charge on any atom is 0.326 e. The number of carbonyl (C=O) groups is 1. The van der Waals surface area contributed by atoms with Crippen molar-refractivity contribution in [3.8, 4) is 0 Å². The lowest BCUT2D eigenvalue weighted by atomic mass is 10.1. The molecular formula is C13H16N2O2. The summed E-state index contributed by atoms with van der Waals surface area (Å²) in [5.41, 5.74) is 4.07. The summed E-state index contributed by atoms with van der Waals surface area (Å²) in [6.07, 6.45) is 0. The molecule has 0 aliphatic heterocycles. The van der Waals surface area contributed by atoms with Crippen molar-refractivity contribution in [2.45, 2.75) is 33.7 Å². The second-order valence-corrected chi connectivity index (χ2v) is 4.47. The van der Waals surface area contributed by atoms with E-state index in [1.54, 1.807) is 11.5 Å². The summed E-state index contributed by atoms with van der Waals surface area (Å²) in [5, 5.41) is 9.11. The van der Waals surface area contributed by atoms with E-state index in [2.05, 4.69) is 4.98 Å². The van der Waals surface area contributed by atoms with Crippen LogP contribution in [0.2, 0.25) is 0 Å². The molecule has 0 fully saturated rings. The molecule has 17 heavy (non-hydrogen) atoms. The van der Waals surface area contributed by atoms with Crippen molar-refractivity contribution < 1.29 is 9.90 Å². The molecule has 1 atom stereocenters. The highest BCUT2D eigenvalue weighted by atomic mass is 16.4. The number of rotatable bonds is 2. The lowest BCUT2D eigenvalue weighted by Gasteiger charge is -2.12. The molecule has 0 aliphatic carbocycles. The Kier molecular flexibility index (Phi) is 2.65. The number of benzene rings is 1. The molecule has 1 N–H and O–H groups in total. The Balaban J connectivity index is 2.75. The van der Waals surface area contributed by atoms with E-state index in [1.165, 1.54) is 5.56 Å². The van der Waals surface area contributed by atoms with Gasteiger partial charge in [0, 0.05) is 0 Å². The van der Waals surface area contributed by atoms with Crippen LogP contribution in [0.5, 0.6) is 0 Å². The largest absolute Gasteiger partial charge is 0.480 e. The van der Waals surface area contributed by atoms with Gasteiger partial charge >= 0.3 is 5.97 Å². The fourth-order valence-corrected chi connectivity index (χ4v) is 2.07. The molecule has 2 aromatic rings. The standard InChI is InChI=1S/C13H16N2O2/c1-7-5-11-12(6-8(7)2)15(10(4)14-11)9(3)13(16)17/h5-6,9H,1-4H3,(H,16,17). The number of aromatic nitrogens is 2. The van der Waals surface area contributed by atoms with Gasteiger partial charge in [0.2, 0.25) is 0 Å². The van der Waals surface area contributed by atoms with Gasteiger partial charge in [-0.2, -0.15) is 0 Å². The summed E-state index contributed by atoms with van der Waals surface area (Å²) >= 11 is 0. The van der Waals surface area contributed by atoms with Crippen LogP contribution in [0.25, 0.3) is 11.0 Å². The third-order valence-corrected chi connectivity index (χ3v) is 3.23. The molecular weight excluding hydrogens is 216 g/mol. The second-order valence-electron chi connectivity index (χ2n) is 4.47. The predicted molar refractivity (Wildman–Crippen MR) is 66.3 cm³/mol. The zero-order valence-electron chi connectivity index (χ0n) is 10.5. The second kappa shape index (κ2) is 3.87. The Morgan fingerprint density at radius 3 is 2.47 bits per heavy atom. The molecule has 1 aromatic heterocycles. The molecule has 0 saturated heterocycles. The van der Waals surface area contributed by atoms with E-state index in [0.717, 1.165) is 22.4 Å². The van der Waals surface area contributed by atoms with Gasteiger partial charge in [-0.1, -0.05) is 0 Å². The molecule has 0 bridgehead atoms. The number of aliphatic carboxylic acids is 1. The highest BCUT2D eigenvalue weighted by Gasteiger charge is 2.19. The Morgan fingerprint density at radius 1 is 1.29 bits per heavy atom. The lowest BCUT2D eigenvalue weighted by molar-refractivity contribution is -0.140. The van der Waals surface area contributed by atoms with Crippen molar-refractivity contribution in [1.29, 1.82) is 0 Å². The molecule has 1 heterocycles. The fraction of sp³-hybridized carbons (Fsp3) is 0.385. The quantitative estimate of drug-likeness (QED) is 0.865. The SMILES string of the molecule is Cc1cc2nc(C)n(C(C)C(=O)O)c2cc1C. The van der Waals surface area contributed by atoms with Crippen LogP contribution in [0.3, 0.4) is 0 Å². The number of nitrogens with zero attached hydrogens (tertiary/aromatic N) is 2.